The largest absolute Gasteiger partial charge is 0.452 e. The lowest BCUT2D eigenvalue weighted by Gasteiger charge is -2.27. The highest BCUT2D eigenvalue weighted by Gasteiger charge is 2.27. The van der Waals surface area contributed by atoms with Gasteiger partial charge in [0.25, 0.3) is 5.91 Å². The van der Waals surface area contributed by atoms with Crippen LogP contribution in [0.3, 0.4) is 0 Å². The summed E-state index contributed by atoms with van der Waals surface area (Å²) in [4.78, 5) is 32.0. The Morgan fingerprint density at radius 1 is 1.19 bits per heavy atom. The van der Waals surface area contributed by atoms with E-state index in [2.05, 4.69) is 6.92 Å². The Hall–Kier alpha value is -2.43. The zero-order valence-electron chi connectivity index (χ0n) is 15.9. The van der Waals surface area contributed by atoms with Gasteiger partial charge in [-0.15, -0.1) is 0 Å². The SMILES string of the molecule is C[C@H]1CCc2nc3ccccc3c(C(=O)OCC(=O)N3CCCCC3)c2C1. The number of likely N-dealkylation sites (tertiary alicyclic amines) is 1. The number of carbonyl (C=O) groups is 2. The summed E-state index contributed by atoms with van der Waals surface area (Å²) >= 11 is 0. The van der Waals surface area contributed by atoms with Gasteiger partial charge in [-0.05, 0) is 56.1 Å². The van der Waals surface area contributed by atoms with Crippen LogP contribution in [0.5, 0.6) is 0 Å². The molecule has 0 N–H and O–H groups in total. The molecule has 0 bridgehead atoms. The van der Waals surface area contributed by atoms with Gasteiger partial charge >= 0.3 is 5.97 Å². The molecule has 1 fully saturated rings. The van der Waals surface area contributed by atoms with Crippen molar-refractivity contribution in [3.05, 3.63) is 41.1 Å². The number of esters is 1. The number of piperidine rings is 1. The van der Waals surface area contributed by atoms with E-state index in [-0.39, 0.29) is 12.5 Å². The van der Waals surface area contributed by atoms with E-state index in [0.717, 1.165) is 73.8 Å². The fraction of sp³-hybridized carbons (Fsp3) is 0.500. The third-order valence-electron chi connectivity index (χ3n) is 5.75. The quantitative estimate of drug-likeness (QED) is 0.780. The van der Waals surface area contributed by atoms with Crippen LogP contribution in [-0.2, 0) is 22.4 Å². The van der Waals surface area contributed by atoms with Gasteiger partial charge in [0.05, 0.1) is 11.1 Å². The number of rotatable bonds is 3. The van der Waals surface area contributed by atoms with Crippen LogP contribution in [0.2, 0.25) is 0 Å². The molecule has 0 unspecified atom stereocenters. The van der Waals surface area contributed by atoms with Crippen molar-refractivity contribution in [2.45, 2.75) is 45.4 Å². The molecule has 0 spiro atoms. The van der Waals surface area contributed by atoms with Crippen LogP contribution >= 0.6 is 0 Å². The number of hydrogen-bond acceptors (Lipinski definition) is 4. The van der Waals surface area contributed by atoms with Gasteiger partial charge in [0, 0.05) is 24.2 Å². The van der Waals surface area contributed by atoms with Crippen LogP contribution < -0.4 is 0 Å². The molecule has 4 rings (SSSR count). The van der Waals surface area contributed by atoms with Gasteiger partial charge in [0.2, 0.25) is 0 Å². The first-order chi connectivity index (χ1) is 13.1. The Kier molecular flexibility index (Phi) is 5.10. The number of amides is 1. The standard InChI is InChI=1S/C22H26N2O3/c1-15-9-10-19-17(13-15)21(16-7-3-4-8-18(16)23-19)22(26)27-14-20(25)24-11-5-2-6-12-24/h3-4,7-8,15H,2,5-6,9-14H2,1H3/t15-/m0/s1. The van der Waals surface area contributed by atoms with Crippen LogP contribution in [0.1, 0.15) is 54.2 Å². The first kappa shape index (κ1) is 18.0. The van der Waals surface area contributed by atoms with Crippen LogP contribution in [0.25, 0.3) is 10.9 Å². The second-order valence-corrected chi connectivity index (χ2v) is 7.79. The number of para-hydroxylation sites is 1. The molecule has 1 aromatic carbocycles. The maximum Gasteiger partial charge on any atom is 0.339 e. The average Bonchev–Trinajstić information content (AvgIpc) is 2.70. The van der Waals surface area contributed by atoms with Crippen molar-refractivity contribution in [3.8, 4) is 0 Å². The van der Waals surface area contributed by atoms with Crippen molar-refractivity contribution in [1.82, 2.24) is 9.88 Å². The Morgan fingerprint density at radius 2 is 1.96 bits per heavy atom. The number of benzene rings is 1. The van der Waals surface area contributed by atoms with Crippen molar-refractivity contribution in [3.63, 3.8) is 0 Å². The highest BCUT2D eigenvalue weighted by atomic mass is 16.5. The Bertz CT molecular complexity index is 871. The van der Waals surface area contributed by atoms with Crippen LogP contribution in [-0.4, -0.2) is 41.5 Å². The predicted octanol–water partition coefficient (Wildman–Crippen LogP) is 3.53. The molecule has 0 radical (unpaired) electrons. The molecule has 1 aromatic heterocycles. The molecule has 2 aliphatic rings. The molecule has 1 atom stereocenters. The number of aryl methyl sites for hydroxylation is 1. The molecule has 5 nitrogen and oxygen atoms in total. The third-order valence-corrected chi connectivity index (χ3v) is 5.75. The molecule has 27 heavy (non-hydrogen) atoms. The Labute approximate surface area is 159 Å². The maximum absolute atomic E-state index is 13.0. The van der Waals surface area contributed by atoms with Gasteiger partial charge in [-0.2, -0.15) is 0 Å². The lowest BCUT2D eigenvalue weighted by Crippen LogP contribution is -2.38. The number of hydrogen-bond donors (Lipinski definition) is 0. The first-order valence-corrected chi connectivity index (χ1v) is 9.99. The van der Waals surface area contributed by atoms with Crippen molar-refractivity contribution >= 4 is 22.8 Å². The summed E-state index contributed by atoms with van der Waals surface area (Å²) in [6.07, 6.45) is 6.02. The Balaban J connectivity index is 1.60. The van der Waals surface area contributed by atoms with E-state index in [9.17, 15) is 9.59 Å². The van der Waals surface area contributed by atoms with E-state index >= 15 is 0 Å². The number of carbonyl (C=O) groups excluding carboxylic acids is 2. The summed E-state index contributed by atoms with van der Waals surface area (Å²) in [5.41, 5.74) is 3.43. The molecular formula is C22H26N2O3. The van der Waals surface area contributed by atoms with Gasteiger partial charge in [0.1, 0.15) is 0 Å². The van der Waals surface area contributed by atoms with Crippen molar-refractivity contribution in [2.24, 2.45) is 5.92 Å². The smallest absolute Gasteiger partial charge is 0.339 e. The summed E-state index contributed by atoms with van der Waals surface area (Å²) in [7, 11) is 0. The summed E-state index contributed by atoms with van der Waals surface area (Å²) < 4.78 is 5.49. The van der Waals surface area contributed by atoms with E-state index in [1.807, 2.05) is 24.3 Å². The molecule has 2 heterocycles. The number of ether oxygens (including phenoxy) is 1. The van der Waals surface area contributed by atoms with Crippen LogP contribution in [0.15, 0.2) is 24.3 Å². The zero-order valence-corrected chi connectivity index (χ0v) is 15.9. The highest BCUT2D eigenvalue weighted by molar-refractivity contribution is 6.05. The van der Waals surface area contributed by atoms with Gasteiger partial charge in [-0.3, -0.25) is 9.78 Å². The minimum absolute atomic E-state index is 0.0938. The molecular weight excluding hydrogens is 340 g/mol. The number of nitrogens with zero attached hydrogens (tertiary/aromatic N) is 2. The molecule has 2 aromatic rings. The van der Waals surface area contributed by atoms with Gasteiger partial charge in [0.15, 0.2) is 6.61 Å². The second kappa shape index (κ2) is 7.67. The van der Waals surface area contributed by atoms with Gasteiger partial charge in [-0.1, -0.05) is 25.1 Å². The minimum atomic E-state index is -0.399. The molecule has 142 valence electrons. The topological polar surface area (TPSA) is 59.5 Å². The van der Waals surface area contributed by atoms with E-state index in [1.54, 1.807) is 4.90 Å². The molecule has 0 saturated carbocycles. The highest BCUT2D eigenvalue weighted by Crippen LogP contribution is 2.32. The van der Waals surface area contributed by atoms with Crippen LogP contribution in [0.4, 0.5) is 0 Å². The molecule has 1 aliphatic carbocycles. The monoisotopic (exact) mass is 366 g/mol. The summed E-state index contributed by atoms with van der Waals surface area (Å²) in [6, 6.07) is 7.70. The van der Waals surface area contributed by atoms with E-state index in [4.69, 9.17) is 9.72 Å². The fourth-order valence-electron chi connectivity index (χ4n) is 4.23. The lowest BCUT2D eigenvalue weighted by molar-refractivity contribution is -0.135. The molecule has 1 aliphatic heterocycles. The fourth-order valence-corrected chi connectivity index (χ4v) is 4.23. The summed E-state index contributed by atoms with van der Waals surface area (Å²) in [5.74, 6) is 0.0231. The normalized spacial score (nSPS) is 19.6. The van der Waals surface area contributed by atoms with E-state index in [1.165, 1.54) is 0 Å². The second-order valence-electron chi connectivity index (χ2n) is 7.79. The number of fused-ring (bicyclic) bond motifs is 2. The van der Waals surface area contributed by atoms with Gasteiger partial charge in [-0.25, -0.2) is 4.79 Å². The summed E-state index contributed by atoms with van der Waals surface area (Å²) in [5, 5.41) is 0.820. The van der Waals surface area contributed by atoms with E-state index in [0.29, 0.717) is 11.5 Å². The number of pyridine rings is 1. The maximum atomic E-state index is 13.0. The predicted molar refractivity (Wildman–Crippen MR) is 104 cm³/mol. The molecule has 1 amide bonds. The minimum Gasteiger partial charge on any atom is -0.452 e. The summed E-state index contributed by atoms with van der Waals surface area (Å²) in [6.45, 7) is 3.55. The molecule has 1 saturated heterocycles. The first-order valence-electron chi connectivity index (χ1n) is 9.99. The average molecular weight is 366 g/mol. The Morgan fingerprint density at radius 3 is 2.78 bits per heavy atom. The molecule has 5 heteroatoms. The van der Waals surface area contributed by atoms with E-state index < -0.39 is 5.97 Å². The lowest BCUT2D eigenvalue weighted by atomic mass is 9.84. The number of aromatic nitrogens is 1. The van der Waals surface area contributed by atoms with Gasteiger partial charge < -0.3 is 9.64 Å². The van der Waals surface area contributed by atoms with Crippen molar-refractivity contribution in [1.29, 1.82) is 0 Å². The third kappa shape index (κ3) is 3.68. The van der Waals surface area contributed by atoms with Crippen LogP contribution in [0, 0.1) is 5.92 Å². The van der Waals surface area contributed by atoms with Crippen molar-refractivity contribution < 1.29 is 14.3 Å². The zero-order chi connectivity index (χ0) is 18.8. The van der Waals surface area contributed by atoms with Crippen molar-refractivity contribution in [2.75, 3.05) is 19.7 Å².